The normalized spacial score (nSPS) is 20.0. The van der Waals surface area contributed by atoms with E-state index >= 15 is 0 Å². The van der Waals surface area contributed by atoms with Gasteiger partial charge in [0.25, 0.3) is 0 Å². The zero-order valence-electron chi connectivity index (χ0n) is 17.2. The average molecular weight is 498 g/mol. The van der Waals surface area contributed by atoms with Gasteiger partial charge in [-0.3, -0.25) is 9.80 Å². The maximum atomic E-state index is 13.8. The van der Waals surface area contributed by atoms with Crippen LogP contribution >= 0.6 is 27.5 Å². The summed E-state index contributed by atoms with van der Waals surface area (Å²) in [5, 5.41) is 12.7. The number of benzene rings is 3. The lowest BCUT2D eigenvalue weighted by atomic mass is 9.96. The summed E-state index contributed by atoms with van der Waals surface area (Å²) in [5.74, 6) is 0. The number of aryl methyl sites for hydroxylation is 1. The second-order valence-corrected chi connectivity index (χ2v) is 8.80. The Morgan fingerprint density at radius 3 is 2.29 bits per heavy atom. The van der Waals surface area contributed by atoms with Crippen molar-refractivity contribution in [3.8, 4) is 0 Å². The quantitative estimate of drug-likeness (QED) is 0.422. The van der Waals surface area contributed by atoms with Crippen molar-refractivity contribution < 1.29 is 9.90 Å². The Kier molecular flexibility index (Phi) is 5.93. The number of carbonyl (C=O) groups excluding carboxylic acids is 1. The van der Waals surface area contributed by atoms with E-state index in [9.17, 15) is 9.90 Å². The maximum absolute atomic E-state index is 13.8. The number of anilines is 2. The molecular formula is C25H22BrClN2O2. The summed E-state index contributed by atoms with van der Waals surface area (Å²) in [6.07, 6.45) is 2.52. The first-order valence-electron chi connectivity index (χ1n) is 10.0. The zero-order valence-corrected chi connectivity index (χ0v) is 19.6. The Morgan fingerprint density at radius 2 is 1.68 bits per heavy atom. The van der Waals surface area contributed by atoms with Crippen LogP contribution in [0.15, 0.2) is 89.0 Å². The fourth-order valence-electron chi connectivity index (χ4n) is 3.85. The third-order valence-corrected chi connectivity index (χ3v) is 6.07. The van der Waals surface area contributed by atoms with Crippen LogP contribution in [0.4, 0.5) is 16.2 Å². The van der Waals surface area contributed by atoms with Gasteiger partial charge in [-0.1, -0.05) is 70.4 Å². The van der Waals surface area contributed by atoms with Crippen molar-refractivity contribution >= 4 is 44.9 Å². The molecule has 1 fully saturated rings. The van der Waals surface area contributed by atoms with Crippen LogP contribution in [-0.4, -0.2) is 11.1 Å². The monoisotopic (exact) mass is 496 g/mol. The lowest BCUT2D eigenvalue weighted by molar-refractivity contribution is 0.0903. The summed E-state index contributed by atoms with van der Waals surface area (Å²) in [6.45, 7) is 3.96. The molecular weight excluding hydrogens is 476 g/mol. The van der Waals surface area contributed by atoms with Crippen LogP contribution in [0.1, 0.15) is 24.5 Å². The number of urea groups is 1. The molecule has 3 aromatic carbocycles. The van der Waals surface area contributed by atoms with E-state index < -0.39 is 5.72 Å². The molecule has 1 atom stereocenters. The standard InChI is InChI=1S/C25H22BrClN2O2/c1-3-5-23-25(31,18-6-4-7-20(27)16-18)29(22-12-8-17(2)9-13-22)24(30)28(23)21-14-10-19(26)11-15-21/h4-16,31H,3H2,1-2H3/b23-5-. The number of allylic oxidation sites excluding steroid dienone is 1. The molecule has 0 saturated carbocycles. The molecule has 1 aliphatic heterocycles. The van der Waals surface area contributed by atoms with Gasteiger partial charge in [0, 0.05) is 20.7 Å². The topological polar surface area (TPSA) is 43.8 Å². The number of aliphatic hydroxyl groups is 1. The van der Waals surface area contributed by atoms with Gasteiger partial charge >= 0.3 is 6.03 Å². The van der Waals surface area contributed by atoms with Gasteiger partial charge < -0.3 is 5.11 Å². The van der Waals surface area contributed by atoms with Gasteiger partial charge in [-0.25, -0.2) is 4.79 Å². The molecule has 2 amide bonds. The molecule has 31 heavy (non-hydrogen) atoms. The summed E-state index contributed by atoms with van der Waals surface area (Å²) < 4.78 is 0.907. The van der Waals surface area contributed by atoms with E-state index in [4.69, 9.17) is 11.6 Å². The highest BCUT2D eigenvalue weighted by Gasteiger charge is 2.55. The van der Waals surface area contributed by atoms with Gasteiger partial charge in [-0.2, -0.15) is 0 Å². The van der Waals surface area contributed by atoms with E-state index in [0.717, 1.165) is 10.0 Å². The number of nitrogens with zero attached hydrogens (tertiary/aromatic N) is 2. The lowest BCUT2D eigenvalue weighted by Crippen LogP contribution is -2.44. The SMILES string of the molecule is CC/C=C1\N(c2ccc(Br)cc2)C(=O)N(c2ccc(C)cc2)C1(O)c1cccc(Cl)c1. The minimum absolute atomic E-state index is 0.339. The first kappa shape index (κ1) is 21.6. The molecule has 0 spiro atoms. The largest absolute Gasteiger partial charge is 0.362 e. The molecule has 1 unspecified atom stereocenters. The van der Waals surface area contributed by atoms with E-state index in [1.165, 1.54) is 4.90 Å². The van der Waals surface area contributed by atoms with Crippen LogP contribution < -0.4 is 9.80 Å². The maximum Gasteiger partial charge on any atom is 0.336 e. The van der Waals surface area contributed by atoms with Crippen molar-refractivity contribution in [2.45, 2.75) is 26.0 Å². The number of hydrogen-bond acceptors (Lipinski definition) is 2. The van der Waals surface area contributed by atoms with Crippen molar-refractivity contribution in [1.29, 1.82) is 0 Å². The van der Waals surface area contributed by atoms with Gasteiger partial charge in [0.05, 0.1) is 11.4 Å². The fourth-order valence-corrected chi connectivity index (χ4v) is 4.31. The van der Waals surface area contributed by atoms with Gasteiger partial charge in [-0.15, -0.1) is 0 Å². The molecule has 158 valence electrons. The Hall–Kier alpha value is -2.60. The van der Waals surface area contributed by atoms with Crippen LogP contribution in [-0.2, 0) is 5.72 Å². The van der Waals surface area contributed by atoms with E-state index in [2.05, 4.69) is 15.9 Å². The molecule has 3 aromatic rings. The molecule has 4 rings (SSSR count). The molecule has 1 N–H and O–H groups in total. The third-order valence-electron chi connectivity index (χ3n) is 5.31. The summed E-state index contributed by atoms with van der Waals surface area (Å²) in [6, 6.07) is 21.7. The van der Waals surface area contributed by atoms with E-state index in [1.54, 1.807) is 29.2 Å². The van der Waals surface area contributed by atoms with Crippen LogP contribution in [0, 0.1) is 6.92 Å². The minimum Gasteiger partial charge on any atom is -0.362 e. The second kappa shape index (κ2) is 8.50. The summed E-state index contributed by atoms with van der Waals surface area (Å²) >= 11 is 9.72. The Morgan fingerprint density at radius 1 is 1.03 bits per heavy atom. The van der Waals surface area contributed by atoms with Crippen molar-refractivity contribution in [1.82, 2.24) is 0 Å². The van der Waals surface area contributed by atoms with Crippen molar-refractivity contribution in [3.05, 3.63) is 105 Å². The predicted molar refractivity (Wildman–Crippen MR) is 129 cm³/mol. The summed E-state index contributed by atoms with van der Waals surface area (Å²) in [5.41, 5.74) is 1.61. The van der Waals surface area contributed by atoms with E-state index in [-0.39, 0.29) is 6.03 Å². The Bertz CT molecular complexity index is 1140. The fraction of sp³-hybridized carbons (Fsp3) is 0.160. The zero-order chi connectivity index (χ0) is 22.2. The number of halogens is 2. The number of rotatable bonds is 4. The van der Waals surface area contributed by atoms with Gasteiger partial charge in [0.15, 0.2) is 0 Å². The molecule has 1 aliphatic rings. The molecule has 0 radical (unpaired) electrons. The minimum atomic E-state index is -1.72. The highest BCUT2D eigenvalue weighted by Crippen LogP contribution is 2.47. The molecule has 1 saturated heterocycles. The third kappa shape index (κ3) is 3.78. The van der Waals surface area contributed by atoms with Crippen LogP contribution in [0.2, 0.25) is 5.02 Å². The Labute approximate surface area is 195 Å². The van der Waals surface area contributed by atoms with Crippen LogP contribution in [0.25, 0.3) is 0 Å². The molecule has 4 nitrogen and oxygen atoms in total. The molecule has 1 heterocycles. The first-order chi connectivity index (χ1) is 14.9. The number of amides is 2. The molecule has 6 heteroatoms. The molecule has 0 bridgehead atoms. The van der Waals surface area contributed by atoms with Crippen molar-refractivity contribution in [2.24, 2.45) is 0 Å². The van der Waals surface area contributed by atoms with E-state index in [0.29, 0.717) is 34.1 Å². The average Bonchev–Trinajstić information content (AvgIpc) is 2.97. The summed E-state index contributed by atoms with van der Waals surface area (Å²) in [4.78, 5) is 16.8. The highest BCUT2D eigenvalue weighted by atomic mass is 79.9. The van der Waals surface area contributed by atoms with Gasteiger partial charge in [-0.05, 0) is 61.9 Å². The van der Waals surface area contributed by atoms with E-state index in [1.807, 2.05) is 68.5 Å². The van der Waals surface area contributed by atoms with Gasteiger partial charge in [0.1, 0.15) is 0 Å². The second-order valence-electron chi connectivity index (χ2n) is 7.45. The predicted octanol–water partition coefficient (Wildman–Crippen LogP) is 7.00. The Balaban J connectivity index is 1.98. The van der Waals surface area contributed by atoms with Crippen LogP contribution in [0.5, 0.6) is 0 Å². The van der Waals surface area contributed by atoms with Gasteiger partial charge in [0.2, 0.25) is 5.72 Å². The number of hydrogen-bond donors (Lipinski definition) is 1. The molecule has 0 aromatic heterocycles. The smallest absolute Gasteiger partial charge is 0.336 e. The summed E-state index contributed by atoms with van der Waals surface area (Å²) in [7, 11) is 0. The van der Waals surface area contributed by atoms with Crippen LogP contribution in [0.3, 0.4) is 0 Å². The highest BCUT2D eigenvalue weighted by molar-refractivity contribution is 9.10. The lowest BCUT2D eigenvalue weighted by Gasteiger charge is -2.33. The molecule has 0 aliphatic carbocycles. The van der Waals surface area contributed by atoms with Crippen molar-refractivity contribution in [3.63, 3.8) is 0 Å². The first-order valence-corrected chi connectivity index (χ1v) is 11.2. The number of carbonyl (C=O) groups is 1. The van der Waals surface area contributed by atoms with Crippen molar-refractivity contribution in [2.75, 3.05) is 9.80 Å².